The minimum Gasteiger partial charge on any atom is -0.396 e. The maximum atomic E-state index is 8.83. The third kappa shape index (κ3) is 3.47. The Bertz CT molecular complexity index is 304. The molecule has 0 saturated heterocycles. The highest BCUT2D eigenvalue weighted by Crippen LogP contribution is 2.16. The summed E-state index contributed by atoms with van der Waals surface area (Å²) in [4.78, 5) is 7.96. The molecule has 5 heteroatoms. The molecule has 1 aromatic rings. The predicted octanol–water partition coefficient (Wildman–Crippen LogP) is 1.70. The second-order valence-corrected chi connectivity index (χ2v) is 4.10. The molecule has 0 aliphatic heterocycles. The van der Waals surface area contributed by atoms with Gasteiger partial charge in [-0.2, -0.15) is 0 Å². The van der Waals surface area contributed by atoms with E-state index < -0.39 is 0 Å². The average Bonchev–Trinajstić information content (AvgIpc) is 2.02. The molecule has 14 heavy (non-hydrogen) atoms. The topological polar surface area (TPSA) is 58.0 Å². The van der Waals surface area contributed by atoms with Crippen molar-refractivity contribution in [1.82, 2.24) is 9.97 Å². The lowest BCUT2D eigenvalue weighted by Gasteiger charge is -2.25. The SMILES string of the molecule is CC(C)(CCO)Nc1cncc(Cl)n1. The van der Waals surface area contributed by atoms with E-state index in [-0.39, 0.29) is 12.1 Å². The number of halogens is 1. The van der Waals surface area contributed by atoms with Gasteiger partial charge in [-0.05, 0) is 20.3 Å². The number of hydrogen-bond acceptors (Lipinski definition) is 4. The second kappa shape index (κ2) is 4.57. The first-order chi connectivity index (χ1) is 6.53. The molecular formula is C9H14ClN3O. The van der Waals surface area contributed by atoms with Crippen LogP contribution in [0, 0.1) is 0 Å². The highest BCUT2D eigenvalue weighted by atomic mass is 35.5. The molecule has 0 amide bonds. The van der Waals surface area contributed by atoms with Gasteiger partial charge in [-0.3, -0.25) is 4.98 Å². The first kappa shape index (κ1) is 11.2. The van der Waals surface area contributed by atoms with Crippen molar-refractivity contribution in [2.45, 2.75) is 25.8 Å². The molecule has 0 saturated carbocycles. The molecule has 0 aliphatic rings. The molecule has 0 aliphatic carbocycles. The van der Waals surface area contributed by atoms with Gasteiger partial charge in [0.15, 0.2) is 0 Å². The number of aliphatic hydroxyl groups is 1. The van der Waals surface area contributed by atoms with E-state index in [4.69, 9.17) is 16.7 Å². The molecule has 1 aromatic heterocycles. The van der Waals surface area contributed by atoms with E-state index in [1.807, 2.05) is 13.8 Å². The number of hydrogen-bond donors (Lipinski definition) is 2. The summed E-state index contributed by atoms with van der Waals surface area (Å²) in [6.45, 7) is 4.09. The van der Waals surface area contributed by atoms with Crippen LogP contribution in [0.5, 0.6) is 0 Å². The summed E-state index contributed by atoms with van der Waals surface area (Å²) >= 11 is 5.69. The lowest BCUT2D eigenvalue weighted by atomic mass is 10.0. The molecular weight excluding hydrogens is 202 g/mol. The van der Waals surface area contributed by atoms with E-state index in [0.717, 1.165) is 0 Å². The van der Waals surface area contributed by atoms with Crippen molar-refractivity contribution in [3.8, 4) is 0 Å². The van der Waals surface area contributed by atoms with Crippen LogP contribution in [0.4, 0.5) is 5.82 Å². The zero-order chi connectivity index (χ0) is 10.6. The van der Waals surface area contributed by atoms with Crippen LogP contribution in [0.1, 0.15) is 20.3 Å². The van der Waals surface area contributed by atoms with Gasteiger partial charge < -0.3 is 10.4 Å². The number of nitrogens with one attached hydrogen (secondary N) is 1. The van der Waals surface area contributed by atoms with Crippen LogP contribution in [-0.4, -0.2) is 27.2 Å². The molecule has 0 fully saturated rings. The third-order valence-corrected chi connectivity index (χ3v) is 1.99. The smallest absolute Gasteiger partial charge is 0.149 e. The largest absolute Gasteiger partial charge is 0.396 e. The van der Waals surface area contributed by atoms with Crippen LogP contribution in [0.3, 0.4) is 0 Å². The Morgan fingerprint density at radius 1 is 1.50 bits per heavy atom. The van der Waals surface area contributed by atoms with Crippen LogP contribution in [0.15, 0.2) is 12.4 Å². The molecule has 1 heterocycles. The van der Waals surface area contributed by atoms with Crippen LogP contribution >= 0.6 is 11.6 Å². The minimum atomic E-state index is -0.214. The molecule has 0 spiro atoms. The average molecular weight is 216 g/mol. The molecule has 78 valence electrons. The minimum absolute atomic E-state index is 0.133. The van der Waals surface area contributed by atoms with Crippen molar-refractivity contribution in [1.29, 1.82) is 0 Å². The summed E-state index contributed by atoms with van der Waals surface area (Å²) < 4.78 is 0. The molecule has 0 atom stereocenters. The maximum absolute atomic E-state index is 8.83. The van der Waals surface area contributed by atoms with Crippen LogP contribution < -0.4 is 5.32 Å². The van der Waals surface area contributed by atoms with Gasteiger partial charge in [-0.1, -0.05) is 11.6 Å². The van der Waals surface area contributed by atoms with Crippen molar-refractivity contribution in [2.75, 3.05) is 11.9 Å². The van der Waals surface area contributed by atoms with Gasteiger partial charge in [-0.15, -0.1) is 0 Å². The van der Waals surface area contributed by atoms with Crippen molar-refractivity contribution in [2.24, 2.45) is 0 Å². The van der Waals surface area contributed by atoms with Crippen LogP contribution in [0.25, 0.3) is 0 Å². The molecule has 1 rings (SSSR count). The summed E-state index contributed by atoms with van der Waals surface area (Å²) in [5.74, 6) is 0.621. The molecule has 0 radical (unpaired) electrons. The molecule has 0 aromatic carbocycles. The van der Waals surface area contributed by atoms with Gasteiger partial charge in [0.1, 0.15) is 11.0 Å². The van der Waals surface area contributed by atoms with E-state index in [1.54, 1.807) is 6.20 Å². The first-order valence-corrected chi connectivity index (χ1v) is 4.78. The number of rotatable bonds is 4. The quantitative estimate of drug-likeness (QED) is 0.803. The highest BCUT2D eigenvalue weighted by Gasteiger charge is 2.17. The summed E-state index contributed by atoms with van der Waals surface area (Å²) in [5.41, 5.74) is -0.214. The Labute approximate surface area is 88.3 Å². The fourth-order valence-electron chi connectivity index (χ4n) is 1.09. The van der Waals surface area contributed by atoms with Gasteiger partial charge in [-0.25, -0.2) is 4.98 Å². The Morgan fingerprint density at radius 2 is 2.21 bits per heavy atom. The normalized spacial score (nSPS) is 11.4. The monoisotopic (exact) mass is 215 g/mol. The lowest BCUT2D eigenvalue weighted by Crippen LogP contribution is -2.32. The third-order valence-electron chi connectivity index (χ3n) is 1.81. The number of aliphatic hydroxyl groups excluding tert-OH is 1. The molecule has 2 N–H and O–H groups in total. The van der Waals surface area contributed by atoms with E-state index in [2.05, 4.69) is 15.3 Å². The summed E-state index contributed by atoms with van der Waals surface area (Å²) in [6, 6.07) is 0. The Balaban J connectivity index is 2.68. The molecule has 0 bridgehead atoms. The number of anilines is 1. The zero-order valence-corrected chi connectivity index (χ0v) is 9.04. The Hall–Kier alpha value is -0.870. The van der Waals surface area contributed by atoms with Gasteiger partial charge in [0.25, 0.3) is 0 Å². The summed E-state index contributed by atoms with van der Waals surface area (Å²) in [7, 11) is 0. The van der Waals surface area contributed by atoms with Gasteiger partial charge in [0, 0.05) is 12.1 Å². The van der Waals surface area contributed by atoms with Crippen molar-refractivity contribution >= 4 is 17.4 Å². The molecule has 4 nitrogen and oxygen atoms in total. The van der Waals surface area contributed by atoms with Crippen LogP contribution in [0.2, 0.25) is 5.15 Å². The fraction of sp³-hybridized carbons (Fsp3) is 0.556. The van der Waals surface area contributed by atoms with Crippen molar-refractivity contribution in [3.05, 3.63) is 17.5 Å². The first-order valence-electron chi connectivity index (χ1n) is 4.40. The number of aromatic nitrogens is 2. The summed E-state index contributed by atoms with van der Waals surface area (Å²) in [6.07, 6.45) is 3.72. The Morgan fingerprint density at radius 3 is 2.79 bits per heavy atom. The predicted molar refractivity (Wildman–Crippen MR) is 56.4 cm³/mol. The van der Waals surface area contributed by atoms with E-state index >= 15 is 0 Å². The van der Waals surface area contributed by atoms with E-state index in [0.29, 0.717) is 17.4 Å². The van der Waals surface area contributed by atoms with Crippen LogP contribution in [-0.2, 0) is 0 Å². The maximum Gasteiger partial charge on any atom is 0.149 e. The second-order valence-electron chi connectivity index (χ2n) is 3.71. The van der Waals surface area contributed by atoms with E-state index in [9.17, 15) is 0 Å². The Kier molecular flexibility index (Phi) is 3.66. The van der Waals surface area contributed by atoms with Gasteiger partial charge in [0.05, 0.1) is 12.4 Å². The zero-order valence-electron chi connectivity index (χ0n) is 8.29. The molecule has 0 unspecified atom stereocenters. The van der Waals surface area contributed by atoms with Crippen molar-refractivity contribution in [3.63, 3.8) is 0 Å². The lowest BCUT2D eigenvalue weighted by molar-refractivity contribution is 0.260. The standard InChI is InChI=1S/C9H14ClN3O/c1-9(2,3-4-14)13-8-6-11-5-7(10)12-8/h5-6,14H,3-4H2,1-2H3,(H,12,13). The van der Waals surface area contributed by atoms with Gasteiger partial charge >= 0.3 is 0 Å². The highest BCUT2D eigenvalue weighted by molar-refractivity contribution is 6.29. The van der Waals surface area contributed by atoms with Crippen molar-refractivity contribution < 1.29 is 5.11 Å². The van der Waals surface area contributed by atoms with Gasteiger partial charge in [0.2, 0.25) is 0 Å². The fourth-order valence-corrected chi connectivity index (χ4v) is 1.24. The van der Waals surface area contributed by atoms with E-state index in [1.165, 1.54) is 6.20 Å². The number of nitrogens with zero attached hydrogens (tertiary/aromatic N) is 2. The summed E-state index contributed by atoms with van der Waals surface area (Å²) in [5, 5.41) is 12.3.